The molecule has 0 saturated heterocycles. The van der Waals surface area contributed by atoms with Crippen LogP contribution in [0.4, 0.5) is 5.69 Å². The molecule has 0 atom stereocenters. The number of amides is 1. The van der Waals surface area contributed by atoms with Crippen LogP contribution in [0, 0.1) is 13.8 Å². The number of aromatic nitrogens is 6. The van der Waals surface area contributed by atoms with Crippen molar-refractivity contribution in [3.05, 3.63) is 74.4 Å². The molecule has 3 heterocycles. The monoisotopic (exact) mass is 407 g/mol. The molecule has 0 aliphatic rings. The lowest BCUT2D eigenvalue weighted by Crippen LogP contribution is -2.33. The summed E-state index contributed by atoms with van der Waals surface area (Å²) in [4.78, 5) is 43.3. The minimum atomic E-state index is -0.556. The number of imidazole rings is 1. The fraction of sp³-hybridized carbons (Fsp3) is 0.250. The van der Waals surface area contributed by atoms with E-state index in [4.69, 9.17) is 0 Å². The van der Waals surface area contributed by atoms with E-state index in [-0.39, 0.29) is 23.6 Å². The van der Waals surface area contributed by atoms with Crippen LogP contribution in [-0.4, -0.2) is 34.8 Å². The van der Waals surface area contributed by atoms with Gasteiger partial charge in [0.15, 0.2) is 11.2 Å². The third kappa shape index (κ3) is 3.43. The summed E-state index contributed by atoms with van der Waals surface area (Å²) in [6.07, 6.45) is 1.36. The molecule has 2 N–H and O–H groups in total. The number of nitrogens with one attached hydrogen (secondary N) is 2. The smallest absolute Gasteiger partial charge is 0.321 e. The van der Waals surface area contributed by atoms with E-state index >= 15 is 0 Å². The molecule has 0 radical (unpaired) electrons. The van der Waals surface area contributed by atoms with E-state index in [1.165, 1.54) is 17.9 Å². The summed E-state index contributed by atoms with van der Waals surface area (Å²) in [6.45, 7) is 4.20. The number of hydrogen-bond acceptors (Lipinski definition) is 5. The van der Waals surface area contributed by atoms with Crippen molar-refractivity contribution in [1.82, 2.24) is 28.9 Å². The number of carbonyl (C=O) groups is 1. The second kappa shape index (κ2) is 7.47. The fourth-order valence-corrected chi connectivity index (χ4v) is 3.38. The number of nitrogens with zero attached hydrogens (tertiary/aromatic N) is 5. The predicted molar refractivity (Wildman–Crippen MR) is 111 cm³/mol. The highest BCUT2D eigenvalue weighted by atomic mass is 16.2. The minimum Gasteiger partial charge on any atom is -0.321 e. The number of fused-ring (bicyclic) bond motifs is 1. The van der Waals surface area contributed by atoms with Crippen LogP contribution in [0.2, 0.25) is 0 Å². The first kappa shape index (κ1) is 19.4. The van der Waals surface area contributed by atoms with E-state index in [1.807, 2.05) is 48.9 Å². The van der Waals surface area contributed by atoms with Crippen molar-refractivity contribution in [2.24, 2.45) is 7.05 Å². The summed E-state index contributed by atoms with van der Waals surface area (Å²) in [5, 5.41) is 7.41. The Morgan fingerprint density at radius 2 is 1.90 bits per heavy atom. The number of anilines is 1. The molecule has 10 heteroatoms. The summed E-state index contributed by atoms with van der Waals surface area (Å²) >= 11 is 0. The highest BCUT2D eigenvalue weighted by molar-refractivity contribution is 5.92. The van der Waals surface area contributed by atoms with E-state index in [9.17, 15) is 14.4 Å². The number of carbonyl (C=O) groups excluding carboxylic acids is 1. The third-order valence-corrected chi connectivity index (χ3v) is 5.01. The maximum atomic E-state index is 12.7. The predicted octanol–water partition coefficient (Wildman–Crippen LogP) is 0.924. The number of aromatic amines is 1. The van der Waals surface area contributed by atoms with Gasteiger partial charge < -0.3 is 9.88 Å². The zero-order valence-corrected chi connectivity index (χ0v) is 16.8. The molecular formula is C20H21N7O3. The Morgan fingerprint density at radius 3 is 2.63 bits per heavy atom. The molecule has 0 unspecified atom stereocenters. The van der Waals surface area contributed by atoms with Gasteiger partial charge in [-0.15, -0.1) is 0 Å². The molecule has 4 aromatic rings. The van der Waals surface area contributed by atoms with E-state index in [1.54, 1.807) is 0 Å². The molecule has 0 saturated carbocycles. The number of hydrogen-bond donors (Lipinski definition) is 2. The molecule has 30 heavy (non-hydrogen) atoms. The summed E-state index contributed by atoms with van der Waals surface area (Å²) < 4.78 is 4.20. The van der Waals surface area contributed by atoms with Crippen LogP contribution in [-0.2, 0) is 24.9 Å². The van der Waals surface area contributed by atoms with E-state index in [0.717, 1.165) is 15.8 Å². The average Bonchev–Trinajstić information content (AvgIpc) is 3.22. The number of H-pyrrole nitrogens is 1. The van der Waals surface area contributed by atoms with Gasteiger partial charge in [-0.2, -0.15) is 5.10 Å². The van der Waals surface area contributed by atoms with Crippen LogP contribution >= 0.6 is 0 Å². The largest absolute Gasteiger partial charge is 0.329 e. The van der Waals surface area contributed by atoms with Gasteiger partial charge in [-0.05, 0) is 19.4 Å². The van der Waals surface area contributed by atoms with Gasteiger partial charge in [-0.25, -0.2) is 9.78 Å². The average molecular weight is 407 g/mol. The van der Waals surface area contributed by atoms with Crippen LogP contribution in [0.1, 0.15) is 17.0 Å². The van der Waals surface area contributed by atoms with Crippen LogP contribution in [0.25, 0.3) is 11.2 Å². The molecular weight excluding hydrogens is 386 g/mol. The van der Waals surface area contributed by atoms with Gasteiger partial charge in [-0.3, -0.25) is 23.8 Å². The number of benzene rings is 1. The number of rotatable bonds is 5. The Balaban J connectivity index is 1.57. The van der Waals surface area contributed by atoms with Gasteiger partial charge in [0.05, 0.1) is 29.9 Å². The Kier molecular flexibility index (Phi) is 4.82. The van der Waals surface area contributed by atoms with Gasteiger partial charge in [0.2, 0.25) is 5.91 Å². The maximum Gasteiger partial charge on any atom is 0.329 e. The van der Waals surface area contributed by atoms with Crippen LogP contribution in [0.15, 0.2) is 46.2 Å². The van der Waals surface area contributed by atoms with Crippen LogP contribution in [0.5, 0.6) is 0 Å². The second-order valence-corrected chi connectivity index (χ2v) is 7.10. The van der Waals surface area contributed by atoms with Crippen molar-refractivity contribution >= 4 is 22.8 Å². The first-order valence-electron chi connectivity index (χ1n) is 9.37. The molecule has 0 fully saturated rings. The van der Waals surface area contributed by atoms with Crippen molar-refractivity contribution in [2.75, 3.05) is 5.32 Å². The van der Waals surface area contributed by atoms with Gasteiger partial charge >= 0.3 is 5.69 Å². The maximum absolute atomic E-state index is 12.7. The highest BCUT2D eigenvalue weighted by Crippen LogP contribution is 2.20. The Bertz CT molecular complexity index is 1360. The first-order valence-corrected chi connectivity index (χ1v) is 9.37. The Labute approximate surface area is 170 Å². The van der Waals surface area contributed by atoms with Crippen molar-refractivity contribution in [3.8, 4) is 0 Å². The second-order valence-electron chi connectivity index (χ2n) is 7.10. The van der Waals surface area contributed by atoms with Gasteiger partial charge in [0.1, 0.15) is 6.54 Å². The standard InChI is InChI=1S/C20H21N7O3/c1-12-16(13(2)27(24-12)9-14-7-5-4-6-8-14)22-15(28)10-26-11-21-18-17(26)19(29)25(3)20(30)23-18/h4-8,11H,9-10H2,1-3H3,(H,22,28)(H,23,30). The van der Waals surface area contributed by atoms with E-state index < -0.39 is 11.2 Å². The van der Waals surface area contributed by atoms with Crippen molar-refractivity contribution < 1.29 is 4.79 Å². The molecule has 10 nitrogen and oxygen atoms in total. The van der Waals surface area contributed by atoms with E-state index in [0.29, 0.717) is 17.9 Å². The zero-order valence-electron chi connectivity index (χ0n) is 16.8. The Hall–Kier alpha value is -3.95. The highest BCUT2D eigenvalue weighted by Gasteiger charge is 2.17. The summed E-state index contributed by atoms with van der Waals surface area (Å²) in [5.74, 6) is -0.326. The van der Waals surface area contributed by atoms with Gasteiger partial charge in [0, 0.05) is 7.05 Å². The molecule has 0 spiro atoms. The molecule has 1 aromatic carbocycles. The normalized spacial score (nSPS) is 11.2. The lowest BCUT2D eigenvalue weighted by Gasteiger charge is -2.08. The lowest BCUT2D eigenvalue weighted by molar-refractivity contribution is -0.116. The van der Waals surface area contributed by atoms with Crippen molar-refractivity contribution in [2.45, 2.75) is 26.9 Å². The molecule has 1 amide bonds. The topological polar surface area (TPSA) is 120 Å². The van der Waals surface area contributed by atoms with Crippen LogP contribution in [0.3, 0.4) is 0 Å². The van der Waals surface area contributed by atoms with Crippen molar-refractivity contribution in [1.29, 1.82) is 0 Å². The summed E-state index contributed by atoms with van der Waals surface area (Å²) in [7, 11) is 1.37. The molecule has 3 aromatic heterocycles. The Morgan fingerprint density at radius 1 is 1.17 bits per heavy atom. The van der Waals surface area contributed by atoms with E-state index in [2.05, 4.69) is 20.4 Å². The molecule has 0 aliphatic carbocycles. The zero-order chi connectivity index (χ0) is 21.4. The molecule has 154 valence electrons. The summed E-state index contributed by atoms with van der Waals surface area (Å²) in [6, 6.07) is 9.93. The first-order chi connectivity index (χ1) is 14.3. The quantitative estimate of drug-likeness (QED) is 0.510. The molecule has 0 bridgehead atoms. The SMILES string of the molecule is Cc1nn(Cc2ccccc2)c(C)c1NC(=O)Cn1cnc2[nH]c(=O)n(C)c(=O)c21. The molecule has 4 rings (SSSR count). The fourth-order valence-electron chi connectivity index (χ4n) is 3.38. The van der Waals surface area contributed by atoms with Crippen LogP contribution < -0.4 is 16.6 Å². The lowest BCUT2D eigenvalue weighted by atomic mass is 10.2. The van der Waals surface area contributed by atoms with Gasteiger partial charge in [-0.1, -0.05) is 30.3 Å². The van der Waals surface area contributed by atoms with Crippen molar-refractivity contribution in [3.63, 3.8) is 0 Å². The summed E-state index contributed by atoms with van der Waals surface area (Å²) in [5.41, 5.74) is 2.53. The van der Waals surface area contributed by atoms with Gasteiger partial charge in [0.25, 0.3) is 5.56 Å². The number of aryl methyl sites for hydroxylation is 1. The minimum absolute atomic E-state index is 0.124. The molecule has 0 aliphatic heterocycles. The third-order valence-electron chi connectivity index (χ3n) is 5.01.